The van der Waals surface area contributed by atoms with E-state index in [9.17, 15) is 9.18 Å². The van der Waals surface area contributed by atoms with Gasteiger partial charge in [0.15, 0.2) is 5.78 Å². The SMILES string of the molecule is Cc1cc(C(=O)C(C)N2CCNCC2)c(N)cc1F. The van der Waals surface area contributed by atoms with Crippen molar-refractivity contribution in [2.45, 2.75) is 19.9 Å². The number of benzene rings is 1. The Labute approximate surface area is 112 Å². The standard InChI is InChI=1S/C14H20FN3O/c1-9-7-11(13(16)8-12(9)15)14(19)10(2)18-5-3-17-4-6-18/h7-8,10,17H,3-6,16H2,1-2H3. The van der Waals surface area contributed by atoms with E-state index in [0.717, 1.165) is 26.2 Å². The van der Waals surface area contributed by atoms with E-state index in [4.69, 9.17) is 5.73 Å². The average Bonchev–Trinajstić information content (AvgIpc) is 2.42. The number of piperazine rings is 1. The third kappa shape index (κ3) is 2.93. The molecule has 1 atom stereocenters. The molecule has 4 nitrogen and oxygen atoms in total. The van der Waals surface area contributed by atoms with Crippen molar-refractivity contribution in [3.05, 3.63) is 29.1 Å². The topological polar surface area (TPSA) is 58.4 Å². The van der Waals surface area contributed by atoms with Crippen molar-refractivity contribution in [2.24, 2.45) is 0 Å². The number of hydrogen-bond donors (Lipinski definition) is 2. The van der Waals surface area contributed by atoms with Gasteiger partial charge < -0.3 is 11.1 Å². The minimum absolute atomic E-state index is 0.0394. The van der Waals surface area contributed by atoms with E-state index in [-0.39, 0.29) is 23.3 Å². The number of carbonyl (C=O) groups excluding carboxylic acids is 1. The van der Waals surface area contributed by atoms with Crippen LogP contribution in [0, 0.1) is 12.7 Å². The highest BCUT2D eigenvalue weighted by Crippen LogP contribution is 2.20. The smallest absolute Gasteiger partial charge is 0.181 e. The van der Waals surface area contributed by atoms with Crippen LogP contribution in [0.1, 0.15) is 22.8 Å². The molecule has 2 rings (SSSR count). The van der Waals surface area contributed by atoms with E-state index in [0.29, 0.717) is 11.1 Å². The molecule has 0 aliphatic carbocycles. The first-order valence-electron chi connectivity index (χ1n) is 6.55. The van der Waals surface area contributed by atoms with E-state index >= 15 is 0 Å². The van der Waals surface area contributed by atoms with Crippen LogP contribution >= 0.6 is 0 Å². The molecule has 0 bridgehead atoms. The van der Waals surface area contributed by atoms with Gasteiger partial charge in [0.2, 0.25) is 0 Å². The number of anilines is 1. The Morgan fingerprint density at radius 2 is 2.05 bits per heavy atom. The second-order valence-corrected chi connectivity index (χ2v) is 5.01. The van der Waals surface area contributed by atoms with Crippen molar-refractivity contribution in [2.75, 3.05) is 31.9 Å². The summed E-state index contributed by atoms with van der Waals surface area (Å²) in [5, 5.41) is 3.25. The summed E-state index contributed by atoms with van der Waals surface area (Å²) >= 11 is 0. The molecule has 1 heterocycles. The highest BCUT2D eigenvalue weighted by Gasteiger charge is 2.25. The van der Waals surface area contributed by atoms with Crippen LogP contribution < -0.4 is 11.1 Å². The maximum Gasteiger partial charge on any atom is 0.181 e. The predicted octanol–water partition coefficient (Wildman–Crippen LogP) is 1.19. The third-order valence-corrected chi connectivity index (χ3v) is 3.68. The summed E-state index contributed by atoms with van der Waals surface area (Å²) in [5.41, 5.74) is 6.85. The zero-order chi connectivity index (χ0) is 14.0. The Morgan fingerprint density at radius 3 is 2.68 bits per heavy atom. The molecule has 0 amide bonds. The lowest BCUT2D eigenvalue weighted by Crippen LogP contribution is -2.50. The molecule has 1 saturated heterocycles. The highest BCUT2D eigenvalue weighted by atomic mass is 19.1. The second-order valence-electron chi connectivity index (χ2n) is 5.01. The number of aryl methyl sites for hydroxylation is 1. The number of nitrogens with two attached hydrogens (primary N) is 1. The molecular formula is C14H20FN3O. The normalized spacial score (nSPS) is 18.3. The monoisotopic (exact) mass is 265 g/mol. The number of ketones is 1. The molecule has 3 N–H and O–H groups in total. The Morgan fingerprint density at radius 1 is 1.42 bits per heavy atom. The molecule has 1 fully saturated rings. The van der Waals surface area contributed by atoms with Crippen LogP contribution in [-0.2, 0) is 0 Å². The molecule has 104 valence electrons. The van der Waals surface area contributed by atoms with Crippen molar-refractivity contribution in [3.8, 4) is 0 Å². The van der Waals surface area contributed by atoms with Crippen LogP contribution in [-0.4, -0.2) is 42.9 Å². The van der Waals surface area contributed by atoms with Gasteiger partial charge in [0.25, 0.3) is 0 Å². The average molecular weight is 265 g/mol. The van der Waals surface area contributed by atoms with E-state index in [1.165, 1.54) is 6.07 Å². The van der Waals surface area contributed by atoms with Gasteiger partial charge >= 0.3 is 0 Å². The summed E-state index contributed by atoms with van der Waals surface area (Å²) in [6, 6.07) is 2.55. The Hall–Kier alpha value is -1.46. The van der Waals surface area contributed by atoms with Crippen molar-refractivity contribution in [1.82, 2.24) is 10.2 Å². The molecule has 0 saturated carbocycles. The van der Waals surface area contributed by atoms with Gasteiger partial charge in [-0.3, -0.25) is 9.69 Å². The molecular weight excluding hydrogens is 245 g/mol. The van der Waals surface area contributed by atoms with E-state index in [1.807, 2.05) is 6.92 Å². The third-order valence-electron chi connectivity index (χ3n) is 3.68. The first kappa shape index (κ1) is 14.0. The summed E-state index contributed by atoms with van der Waals surface area (Å²) in [5.74, 6) is -0.411. The molecule has 0 radical (unpaired) electrons. The lowest BCUT2D eigenvalue weighted by Gasteiger charge is -2.32. The number of Topliss-reactive ketones (excluding diaryl/α,β-unsaturated/α-hetero) is 1. The van der Waals surface area contributed by atoms with Gasteiger partial charge in [-0.15, -0.1) is 0 Å². The first-order chi connectivity index (χ1) is 9.00. The van der Waals surface area contributed by atoms with Crippen molar-refractivity contribution in [3.63, 3.8) is 0 Å². The maximum absolute atomic E-state index is 13.4. The minimum Gasteiger partial charge on any atom is -0.398 e. The molecule has 19 heavy (non-hydrogen) atoms. The number of halogens is 1. The predicted molar refractivity (Wildman–Crippen MR) is 73.8 cm³/mol. The van der Waals surface area contributed by atoms with Crippen LogP contribution in [0.15, 0.2) is 12.1 Å². The first-order valence-corrected chi connectivity index (χ1v) is 6.55. The minimum atomic E-state index is -0.371. The number of nitrogen functional groups attached to an aromatic ring is 1. The molecule has 0 aromatic heterocycles. The van der Waals surface area contributed by atoms with Gasteiger partial charge in [-0.1, -0.05) is 0 Å². The fourth-order valence-corrected chi connectivity index (χ4v) is 2.37. The zero-order valence-corrected chi connectivity index (χ0v) is 11.4. The molecule has 1 unspecified atom stereocenters. The van der Waals surface area contributed by atoms with Gasteiger partial charge in [0, 0.05) is 37.4 Å². The fraction of sp³-hybridized carbons (Fsp3) is 0.500. The molecule has 1 aromatic carbocycles. The largest absolute Gasteiger partial charge is 0.398 e. The fourth-order valence-electron chi connectivity index (χ4n) is 2.37. The maximum atomic E-state index is 13.4. The molecule has 0 spiro atoms. The molecule has 5 heteroatoms. The lowest BCUT2D eigenvalue weighted by atomic mass is 9.99. The summed E-state index contributed by atoms with van der Waals surface area (Å²) in [6.45, 7) is 6.97. The number of hydrogen-bond acceptors (Lipinski definition) is 4. The van der Waals surface area contributed by atoms with Gasteiger partial charge in [0.05, 0.1) is 6.04 Å². The highest BCUT2D eigenvalue weighted by molar-refractivity contribution is 6.04. The Bertz CT molecular complexity index is 484. The van der Waals surface area contributed by atoms with E-state index < -0.39 is 0 Å². The van der Waals surface area contributed by atoms with Crippen LogP contribution in [0.5, 0.6) is 0 Å². The summed E-state index contributed by atoms with van der Waals surface area (Å²) in [6.07, 6.45) is 0. The molecule has 1 aromatic rings. The Balaban J connectivity index is 2.21. The summed E-state index contributed by atoms with van der Waals surface area (Å²) in [7, 11) is 0. The lowest BCUT2D eigenvalue weighted by molar-refractivity contribution is 0.0821. The summed E-state index contributed by atoms with van der Waals surface area (Å²) < 4.78 is 13.4. The van der Waals surface area contributed by atoms with Crippen molar-refractivity contribution >= 4 is 11.5 Å². The number of nitrogens with zero attached hydrogens (tertiary/aromatic N) is 1. The van der Waals surface area contributed by atoms with Crippen molar-refractivity contribution in [1.29, 1.82) is 0 Å². The van der Waals surface area contributed by atoms with Crippen molar-refractivity contribution < 1.29 is 9.18 Å². The summed E-state index contributed by atoms with van der Waals surface area (Å²) in [4.78, 5) is 14.6. The van der Waals surface area contributed by atoms with Crippen LogP contribution in [0.4, 0.5) is 10.1 Å². The quantitative estimate of drug-likeness (QED) is 0.637. The molecule has 1 aliphatic heterocycles. The number of carbonyl (C=O) groups is 1. The molecule has 1 aliphatic rings. The Kier molecular flexibility index (Phi) is 4.17. The van der Waals surface area contributed by atoms with Gasteiger partial charge in [-0.05, 0) is 31.5 Å². The second kappa shape index (κ2) is 5.67. The van der Waals surface area contributed by atoms with Crippen LogP contribution in [0.3, 0.4) is 0 Å². The van der Waals surface area contributed by atoms with Crippen LogP contribution in [0.2, 0.25) is 0 Å². The van der Waals surface area contributed by atoms with Crippen LogP contribution in [0.25, 0.3) is 0 Å². The van der Waals surface area contributed by atoms with E-state index in [2.05, 4.69) is 10.2 Å². The number of rotatable bonds is 3. The van der Waals surface area contributed by atoms with Gasteiger partial charge in [-0.2, -0.15) is 0 Å². The number of nitrogens with one attached hydrogen (secondary N) is 1. The zero-order valence-electron chi connectivity index (χ0n) is 11.4. The van der Waals surface area contributed by atoms with E-state index in [1.54, 1.807) is 13.0 Å². The van der Waals surface area contributed by atoms with Gasteiger partial charge in [-0.25, -0.2) is 4.39 Å². The van der Waals surface area contributed by atoms with Gasteiger partial charge in [0.1, 0.15) is 5.82 Å².